The summed E-state index contributed by atoms with van der Waals surface area (Å²) in [5.74, 6) is 1.14. The van der Waals surface area contributed by atoms with Crippen LogP contribution >= 0.6 is 11.3 Å². The first-order chi connectivity index (χ1) is 13.0. The largest absolute Gasteiger partial charge is 0.356 e. The van der Waals surface area contributed by atoms with Crippen LogP contribution in [0, 0.1) is 0 Å². The topological polar surface area (TPSA) is 82.6 Å². The van der Waals surface area contributed by atoms with Crippen molar-refractivity contribution in [2.45, 2.75) is 43.2 Å². The van der Waals surface area contributed by atoms with Gasteiger partial charge >= 0.3 is 0 Å². The summed E-state index contributed by atoms with van der Waals surface area (Å²) in [6.07, 6.45) is 1.86. The Morgan fingerprint density at radius 1 is 1.22 bits per heavy atom. The second-order valence-electron chi connectivity index (χ2n) is 6.76. The summed E-state index contributed by atoms with van der Waals surface area (Å²) in [6, 6.07) is 11.3. The van der Waals surface area contributed by atoms with Crippen molar-refractivity contribution in [2.24, 2.45) is 4.99 Å². The summed E-state index contributed by atoms with van der Waals surface area (Å²) in [7, 11) is -1.65. The third kappa shape index (κ3) is 5.79. The van der Waals surface area contributed by atoms with Gasteiger partial charge in [0.2, 0.25) is 10.0 Å². The number of rotatable bonds is 8. The highest BCUT2D eigenvalue weighted by Crippen LogP contribution is 2.22. The van der Waals surface area contributed by atoms with E-state index in [0.29, 0.717) is 17.4 Å². The van der Waals surface area contributed by atoms with Gasteiger partial charge in [0.05, 0.1) is 4.90 Å². The lowest BCUT2D eigenvalue weighted by atomic mass is 10.1. The number of benzene rings is 1. The average Bonchev–Trinajstić information content (AvgIpc) is 3.29. The molecule has 1 fully saturated rings. The first-order valence-corrected chi connectivity index (χ1v) is 11.4. The predicted octanol–water partition coefficient (Wildman–Crippen LogP) is 2.66. The fourth-order valence-electron chi connectivity index (χ4n) is 2.60. The quantitative estimate of drug-likeness (QED) is 0.465. The maximum absolute atomic E-state index is 12.2. The summed E-state index contributed by atoms with van der Waals surface area (Å²) < 4.78 is 27.1. The molecule has 2 aromatic rings. The van der Waals surface area contributed by atoms with E-state index in [1.165, 1.54) is 4.88 Å². The van der Waals surface area contributed by atoms with Crippen LogP contribution in [0.1, 0.15) is 36.1 Å². The van der Waals surface area contributed by atoms with Crippen molar-refractivity contribution < 1.29 is 8.42 Å². The molecule has 146 valence electrons. The molecule has 0 aliphatic heterocycles. The van der Waals surface area contributed by atoms with Gasteiger partial charge in [0.15, 0.2) is 5.96 Å². The third-order valence-electron chi connectivity index (χ3n) is 4.42. The number of hydrogen-bond donors (Lipinski definition) is 3. The SMILES string of the molecule is CN=C(NCc1ccc(S(=O)(=O)NC2CC2)cc1)NCC(C)c1cccs1. The Labute approximate surface area is 165 Å². The van der Waals surface area contributed by atoms with Gasteiger partial charge < -0.3 is 10.6 Å². The first-order valence-electron chi connectivity index (χ1n) is 9.07. The zero-order valence-corrected chi connectivity index (χ0v) is 17.2. The molecule has 1 heterocycles. The van der Waals surface area contributed by atoms with Crippen molar-refractivity contribution in [2.75, 3.05) is 13.6 Å². The molecule has 1 unspecified atom stereocenters. The normalized spacial score (nSPS) is 16.1. The molecule has 1 saturated carbocycles. The van der Waals surface area contributed by atoms with E-state index in [0.717, 1.165) is 30.9 Å². The Bertz CT molecular complexity index is 858. The first kappa shape index (κ1) is 19.9. The number of aliphatic imine (C=N–C) groups is 1. The van der Waals surface area contributed by atoms with Crippen LogP contribution in [0.3, 0.4) is 0 Å². The van der Waals surface area contributed by atoms with Gasteiger partial charge in [-0.3, -0.25) is 4.99 Å². The number of nitrogens with one attached hydrogen (secondary N) is 3. The standard InChI is InChI=1S/C19H26N4O2S2/c1-14(18-4-3-11-26-18)12-21-19(20-2)22-13-15-5-9-17(10-6-15)27(24,25)23-16-7-8-16/h3-6,9-11,14,16,23H,7-8,12-13H2,1-2H3,(H2,20,21,22). The molecular formula is C19H26N4O2S2. The summed E-state index contributed by atoms with van der Waals surface area (Å²) in [5.41, 5.74) is 0.995. The molecule has 0 bridgehead atoms. The van der Waals surface area contributed by atoms with Crippen molar-refractivity contribution in [3.05, 3.63) is 52.2 Å². The maximum Gasteiger partial charge on any atom is 0.240 e. The highest BCUT2D eigenvalue weighted by molar-refractivity contribution is 7.89. The third-order valence-corrected chi connectivity index (χ3v) is 7.06. The van der Waals surface area contributed by atoms with Crippen LogP contribution in [0.4, 0.5) is 0 Å². The second-order valence-corrected chi connectivity index (χ2v) is 9.46. The van der Waals surface area contributed by atoms with Crippen LogP contribution in [-0.4, -0.2) is 34.0 Å². The molecule has 27 heavy (non-hydrogen) atoms. The van der Waals surface area contributed by atoms with Gasteiger partial charge in [-0.05, 0) is 42.0 Å². The summed E-state index contributed by atoms with van der Waals surface area (Å²) in [6.45, 7) is 3.55. The van der Waals surface area contributed by atoms with E-state index in [4.69, 9.17) is 0 Å². The number of sulfonamides is 1. The zero-order valence-electron chi connectivity index (χ0n) is 15.6. The minimum Gasteiger partial charge on any atom is -0.356 e. The monoisotopic (exact) mass is 406 g/mol. The molecule has 0 amide bonds. The molecule has 0 radical (unpaired) electrons. The molecule has 1 aromatic heterocycles. The van der Waals surface area contributed by atoms with Crippen molar-refractivity contribution in [3.8, 4) is 0 Å². The van der Waals surface area contributed by atoms with E-state index in [1.54, 1.807) is 30.5 Å². The Kier molecular flexibility index (Phi) is 6.51. The highest BCUT2D eigenvalue weighted by Gasteiger charge is 2.27. The Hall–Kier alpha value is -1.90. The number of nitrogens with zero attached hydrogens (tertiary/aromatic N) is 1. The number of thiophene rings is 1. The smallest absolute Gasteiger partial charge is 0.240 e. The predicted molar refractivity (Wildman–Crippen MR) is 111 cm³/mol. The van der Waals surface area contributed by atoms with Crippen molar-refractivity contribution >= 4 is 27.3 Å². The minimum absolute atomic E-state index is 0.113. The van der Waals surface area contributed by atoms with Crippen LogP contribution in [0.5, 0.6) is 0 Å². The molecule has 0 spiro atoms. The Morgan fingerprint density at radius 3 is 2.56 bits per heavy atom. The van der Waals surface area contributed by atoms with Gasteiger partial charge in [0.1, 0.15) is 0 Å². The van der Waals surface area contributed by atoms with Crippen molar-refractivity contribution in [1.82, 2.24) is 15.4 Å². The second kappa shape index (κ2) is 8.86. The van der Waals surface area contributed by atoms with Crippen molar-refractivity contribution in [3.63, 3.8) is 0 Å². The molecule has 6 nitrogen and oxygen atoms in total. The van der Waals surface area contributed by atoms with Crippen LogP contribution in [0.25, 0.3) is 0 Å². The van der Waals surface area contributed by atoms with E-state index >= 15 is 0 Å². The molecule has 1 aliphatic carbocycles. The maximum atomic E-state index is 12.2. The van der Waals surface area contributed by atoms with E-state index in [9.17, 15) is 8.42 Å². The van der Waals surface area contributed by atoms with Crippen molar-refractivity contribution in [1.29, 1.82) is 0 Å². The molecule has 1 atom stereocenters. The van der Waals surface area contributed by atoms with Gasteiger partial charge in [-0.25, -0.2) is 13.1 Å². The molecule has 0 saturated heterocycles. The van der Waals surface area contributed by atoms with Crippen LogP contribution < -0.4 is 15.4 Å². The van der Waals surface area contributed by atoms with E-state index < -0.39 is 10.0 Å². The molecular weight excluding hydrogens is 380 g/mol. The molecule has 3 N–H and O–H groups in total. The molecule has 1 aliphatic rings. The molecule has 3 rings (SSSR count). The van der Waals surface area contributed by atoms with E-state index in [2.05, 4.69) is 44.8 Å². The fraction of sp³-hybridized carbons (Fsp3) is 0.421. The highest BCUT2D eigenvalue weighted by atomic mass is 32.2. The Morgan fingerprint density at radius 2 is 1.96 bits per heavy atom. The van der Waals surface area contributed by atoms with Crippen LogP contribution in [0.15, 0.2) is 51.7 Å². The fourth-order valence-corrected chi connectivity index (χ4v) is 4.70. The minimum atomic E-state index is -3.39. The summed E-state index contributed by atoms with van der Waals surface area (Å²) in [5, 5.41) is 8.68. The zero-order chi connectivity index (χ0) is 19.3. The number of guanidine groups is 1. The average molecular weight is 407 g/mol. The lowest BCUT2D eigenvalue weighted by molar-refractivity contribution is 0.581. The van der Waals surface area contributed by atoms with E-state index in [-0.39, 0.29) is 6.04 Å². The molecule has 1 aromatic carbocycles. The van der Waals surface area contributed by atoms with Gasteiger partial charge in [-0.2, -0.15) is 0 Å². The van der Waals surface area contributed by atoms with Gasteiger partial charge in [0, 0.05) is 37.0 Å². The van der Waals surface area contributed by atoms with E-state index in [1.807, 2.05) is 12.1 Å². The number of hydrogen-bond acceptors (Lipinski definition) is 4. The Balaban J connectivity index is 1.49. The lowest BCUT2D eigenvalue weighted by Crippen LogP contribution is -2.38. The van der Waals surface area contributed by atoms with Gasteiger partial charge in [-0.15, -0.1) is 11.3 Å². The summed E-state index contributed by atoms with van der Waals surface area (Å²) in [4.78, 5) is 5.90. The van der Waals surface area contributed by atoms with Crippen LogP contribution in [0.2, 0.25) is 0 Å². The lowest BCUT2D eigenvalue weighted by Gasteiger charge is -2.15. The summed E-state index contributed by atoms with van der Waals surface area (Å²) >= 11 is 1.76. The van der Waals surface area contributed by atoms with Gasteiger partial charge in [0.25, 0.3) is 0 Å². The van der Waals surface area contributed by atoms with Gasteiger partial charge in [-0.1, -0.05) is 25.1 Å². The van der Waals surface area contributed by atoms with Crippen LogP contribution in [-0.2, 0) is 16.6 Å². The molecule has 8 heteroatoms.